The molecule has 0 aliphatic carbocycles. The predicted molar refractivity (Wildman–Crippen MR) is 74.7 cm³/mol. The summed E-state index contributed by atoms with van der Waals surface area (Å²) in [7, 11) is 4.02. The summed E-state index contributed by atoms with van der Waals surface area (Å²) >= 11 is 0. The Morgan fingerprint density at radius 3 is 2.74 bits per heavy atom. The molecule has 4 heteroatoms. The van der Waals surface area contributed by atoms with Crippen molar-refractivity contribution >= 4 is 16.6 Å². The Balaban J connectivity index is 2.07. The summed E-state index contributed by atoms with van der Waals surface area (Å²) in [4.78, 5) is 7.94. The second-order valence-corrected chi connectivity index (χ2v) is 5.18. The third-order valence-corrected chi connectivity index (χ3v) is 3.70. The van der Waals surface area contributed by atoms with Gasteiger partial charge in [-0.25, -0.2) is 4.39 Å². The predicted octanol–water partition coefficient (Wildman–Crippen LogP) is 1.18. The van der Waals surface area contributed by atoms with E-state index in [1.54, 1.807) is 6.07 Å². The number of aromatic nitrogens is 1. The van der Waals surface area contributed by atoms with Crippen molar-refractivity contribution < 1.29 is 9.29 Å². The minimum Gasteiger partial charge on any atom is -0.465 e. The highest BCUT2D eigenvalue weighted by atomic mass is 19.1. The molecule has 100 valence electrons. The summed E-state index contributed by atoms with van der Waals surface area (Å²) in [5.74, 6) is -0.218. The number of quaternary nitrogens is 1. The maximum atomic E-state index is 13.8. The van der Waals surface area contributed by atoms with Gasteiger partial charge >= 0.3 is 0 Å². The number of hydrogen-bond acceptors (Lipinski definition) is 2. The SMILES string of the molecule is [CH2-][NH+]1CCN(c2cc(F)cc3nc(C)ccc23)CC1. The Morgan fingerprint density at radius 2 is 2.00 bits per heavy atom. The van der Waals surface area contributed by atoms with E-state index in [9.17, 15) is 4.39 Å². The average molecular weight is 259 g/mol. The standard InChI is InChI=1S/C15H18FN3/c1-11-3-4-13-14(17-11)9-12(16)10-15(13)19-7-5-18(2)6-8-19/h3-4,9-10,18H,2,5-8H2,1H3. The molecule has 0 unspecified atom stereocenters. The van der Waals surface area contributed by atoms with Crippen LogP contribution < -0.4 is 9.80 Å². The number of nitrogens with zero attached hydrogens (tertiary/aromatic N) is 2. The van der Waals surface area contributed by atoms with Crippen molar-refractivity contribution in [1.82, 2.24) is 4.98 Å². The van der Waals surface area contributed by atoms with E-state index >= 15 is 0 Å². The molecule has 0 radical (unpaired) electrons. The van der Waals surface area contributed by atoms with Crippen molar-refractivity contribution in [1.29, 1.82) is 0 Å². The van der Waals surface area contributed by atoms with Gasteiger partial charge in [-0.05, 0) is 25.1 Å². The smallest absolute Gasteiger partial charge is 0.127 e. The van der Waals surface area contributed by atoms with E-state index in [1.165, 1.54) is 11.0 Å². The van der Waals surface area contributed by atoms with E-state index in [0.717, 1.165) is 48.5 Å². The molecule has 1 fully saturated rings. The Kier molecular flexibility index (Phi) is 3.11. The minimum absolute atomic E-state index is 0.218. The maximum Gasteiger partial charge on any atom is 0.127 e. The van der Waals surface area contributed by atoms with Crippen LogP contribution in [0.2, 0.25) is 0 Å². The number of halogens is 1. The minimum atomic E-state index is -0.218. The number of rotatable bonds is 1. The second kappa shape index (κ2) is 4.78. The van der Waals surface area contributed by atoms with Gasteiger partial charge in [-0.15, -0.1) is 0 Å². The zero-order chi connectivity index (χ0) is 13.4. The fourth-order valence-corrected chi connectivity index (χ4v) is 2.61. The summed E-state index contributed by atoms with van der Waals surface area (Å²) in [5, 5.41) is 1.03. The molecule has 0 atom stereocenters. The van der Waals surface area contributed by atoms with Crippen molar-refractivity contribution in [2.75, 3.05) is 31.1 Å². The van der Waals surface area contributed by atoms with Crippen LogP contribution in [-0.2, 0) is 0 Å². The monoisotopic (exact) mass is 259 g/mol. The molecular weight excluding hydrogens is 241 g/mol. The molecule has 1 aliphatic heterocycles. The molecule has 1 saturated heterocycles. The topological polar surface area (TPSA) is 20.6 Å². The van der Waals surface area contributed by atoms with Crippen LogP contribution in [0.3, 0.4) is 0 Å². The van der Waals surface area contributed by atoms with Gasteiger partial charge in [0.1, 0.15) is 5.82 Å². The van der Waals surface area contributed by atoms with E-state index < -0.39 is 0 Å². The van der Waals surface area contributed by atoms with Gasteiger partial charge in [0.2, 0.25) is 0 Å². The van der Waals surface area contributed by atoms with E-state index in [1.807, 2.05) is 19.1 Å². The van der Waals surface area contributed by atoms with Crippen molar-refractivity contribution in [3.8, 4) is 0 Å². The quantitative estimate of drug-likeness (QED) is 0.776. The number of nitrogens with one attached hydrogen (secondary N) is 1. The first-order valence-corrected chi connectivity index (χ1v) is 6.62. The van der Waals surface area contributed by atoms with E-state index in [-0.39, 0.29) is 5.82 Å². The molecule has 2 aromatic rings. The molecular formula is C15H18FN3. The van der Waals surface area contributed by atoms with Crippen LogP contribution in [0.5, 0.6) is 0 Å². The largest absolute Gasteiger partial charge is 0.465 e. The van der Waals surface area contributed by atoms with Crippen LogP contribution in [0.15, 0.2) is 24.3 Å². The van der Waals surface area contributed by atoms with Crippen LogP contribution in [0, 0.1) is 19.8 Å². The van der Waals surface area contributed by atoms with Crippen LogP contribution in [0.25, 0.3) is 10.9 Å². The van der Waals surface area contributed by atoms with Crippen molar-refractivity contribution in [2.24, 2.45) is 0 Å². The van der Waals surface area contributed by atoms with Gasteiger partial charge in [-0.2, -0.15) is 7.05 Å². The third-order valence-electron chi connectivity index (χ3n) is 3.70. The highest BCUT2D eigenvalue weighted by Crippen LogP contribution is 2.27. The van der Waals surface area contributed by atoms with Gasteiger partial charge in [0.25, 0.3) is 0 Å². The molecule has 1 aromatic carbocycles. The number of hydrogen-bond donors (Lipinski definition) is 1. The van der Waals surface area contributed by atoms with Crippen LogP contribution in [0.1, 0.15) is 5.69 Å². The first-order valence-electron chi connectivity index (χ1n) is 6.62. The number of benzene rings is 1. The molecule has 0 bridgehead atoms. The third kappa shape index (κ3) is 2.40. The van der Waals surface area contributed by atoms with Crippen molar-refractivity contribution in [3.05, 3.63) is 42.8 Å². The molecule has 19 heavy (non-hydrogen) atoms. The van der Waals surface area contributed by atoms with E-state index in [0.29, 0.717) is 0 Å². The first kappa shape index (κ1) is 12.4. The fourth-order valence-electron chi connectivity index (χ4n) is 2.61. The number of piperazine rings is 1. The summed E-state index contributed by atoms with van der Waals surface area (Å²) in [5.41, 5.74) is 2.60. The van der Waals surface area contributed by atoms with Crippen molar-refractivity contribution in [2.45, 2.75) is 6.92 Å². The normalized spacial score (nSPS) is 17.1. The lowest BCUT2D eigenvalue weighted by molar-refractivity contribution is -0.854. The van der Waals surface area contributed by atoms with Crippen LogP contribution in [0.4, 0.5) is 10.1 Å². The van der Waals surface area contributed by atoms with Crippen molar-refractivity contribution in [3.63, 3.8) is 0 Å². The van der Waals surface area contributed by atoms with Gasteiger partial charge in [0.15, 0.2) is 0 Å². The zero-order valence-corrected chi connectivity index (χ0v) is 11.1. The van der Waals surface area contributed by atoms with E-state index in [2.05, 4.69) is 16.9 Å². The molecule has 0 saturated carbocycles. The molecule has 3 rings (SSSR count). The van der Waals surface area contributed by atoms with Gasteiger partial charge in [0, 0.05) is 22.8 Å². The number of anilines is 1. The van der Waals surface area contributed by atoms with Crippen LogP contribution in [-0.4, -0.2) is 31.2 Å². The molecule has 1 N–H and O–H groups in total. The molecule has 1 aromatic heterocycles. The zero-order valence-electron chi connectivity index (χ0n) is 11.1. The summed E-state index contributed by atoms with van der Waals surface area (Å²) in [6.07, 6.45) is 0. The van der Waals surface area contributed by atoms with Crippen LogP contribution >= 0.6 is 0 Å². The number of aryl methyl sites for hydroxylation is 1. The lowest BCUT2D eigenvalue weighted by atomic mass is 10.1. The molecule has 2 heterocycles. The molecule has 0 amide bonds. The molecule has 0 spiro atoms. The average Bonchev–Trinajstić information content (AvgIpc) is 2.38. The summed E-state index contributed by atoms with van der Waals surface area (Å²) in [6.45, 7) is 5.71. The Hall–Kier alpha value is -1.68. The van der Waals surface area contributed by atoms with Gasteiger partial charge in [0.05, 0.1) is 31.7 Å². The maximum absolute atomic E-state index is 13.8. The highest BCUT2D eigenvalue weighted by molar-refractivity contribution is 5.92. The summed E-state index contributed by atoms with van der Waals surface area (Å²) < 4.78 is 13.8. The molecule has 1 aliphatic rings. The molecule has 3 nitrogen and oxygen atoms in total. The number of pyridine rings is 1. The van der Waals surface area contributed by atoms with Gasteiger partial charge in [-0.3, -0.25) is 4.98 Å². The Morgan fingerprint density at radius 1 is 1.26 bits per heavy atom. The summed E-state index contributed by atoms with van der Waals surface area (Å²) in [6, 6.07) is 7.14. The fraction of sp³-hybridized carbons (Fsp3) is 0.333. The van der Waals surface area contributed by atoms with Gasteiger partial charge in [-0.1, -0.05) is 0 Å². The highest BCUT2D eigenvalue weighted by Gasteiger charge is 2.17. The lowest BCUT2D eigenvalue weighted by Crippen LogP contribution is -3.10. The van der Waals surface area contributed by atoms with E-state index in [4.69, 9.17) is 0 Å². The lowest BCUT2D eigenvalue weighted by Gasteiger charge is -2.35. The second-order valence-electron chi connectivity index (χ2n) is 5.18. The van der Waals surface area contributed by atoms with Gasteiger partial charge < -0.3 is 9.80 Å². The number of fused-ring (bicyclic) bond motifs is 1. The first-order chi connectivity index (χ1) is 9.13. The Bertz CT molecular complexity index is 598. The Labute approximate surface area is 112 Å².